The van der Waals surface area contributed by atoms with Crippen molar-refractivity contribution in [3.8, 4) is 5.75 Å². The normalized spacial score (nSPS) is 12.0. The summed E-state index contributed by atoms with van der Waals surface area (Å²) < 4.78 is 10.9. The molecule has 1 atom stereocenters. The predicted molar refractivity (Wildman–Crippen MR) is 90.8 cm³/mol. The van der Waals surface area contributed by atoms with Crippen molar-refractivity contribution in [2.75, 3.05) is 13.3 Å². The van der Waals surface area contributed by atoms with Gasteiger partial charge in [0.1, 0.15) is 11.5 Å². The van der Waals surface area contributed by atoms with Crippen molar-refractivity contribution >= 4 is 17.7 Å². The molecule has 0 N–H and O–H groups in total. The van der Waals surface area contributed by atoms with Gasteiger partial charge >= 0.3 is 0 Å². The lowest BCUT2D eigenvalue weighted by Gasteiger charge is -2.22. The second-order valence-corrected chi connectivity index (χ2v) is 6.31. The highest BCUT2D eigenvalue weighted by Gasteiger charge is 2.21. The Morgan fingerprint density at radius 2 is 2.00 bits per heavy atom. The highest BCUT2D eigenvalue weighted by molar-refractivity contribution is 7.98. The molecule has 23 heavy (non-hydrogen) atoms. The van der Waals surface area contributed by atoms with Crippen molar-refractivity contribution in [3.63, 3.8) is 0 Å². The lowest BCUT2D eigenvalue weighted by molar-refractivity contribution is -0.137. The van der Waals surface area contributed by atoms with Gasteiger partial charge in [-0.15, -0.1) is 11.8 Å². The fraction of sp³-hybridized carbons (Fsp3) is 0.412. The van der Waals surface area contributed by atoms with Crippen LogP contribution < -0.4 is 4.74 Å². The van der Waals surface area contributed by atoms with E-state index in [2.05, 4.69) is 5.16 Å². The molecule has 0 saturated carbocycles. The van der Waals surface area contributed by atoms with Gasteiger partial charge in [0.2, 0.25) is 0 Å². The Labute approximate surface area is 141 Å². The minimum absolute atomic E-state index is 0.0843. The first kappa shape index (κ1) is 17.4. The first-order chi connectivity index (χ1) is 10.9. The van der Waals surface area contributed by atoms with Gasteiger partial charge in [-0.2, -0.15) is 0 Å². The maximum Gasteiger partial charge on any atom is 0.263 e. The van der Waals surface area contributed by atoms with Gasteiger partial charge in [0.25, 0.3) is 5.91 Å². The van der Waals surface area contributed by atoms with Gasteiger partial charge in [-0.1, -0.05) is 5.16 Å². The molecule has 0 bridgehead atoms. The zero-order valence-corrected chi connectivity index (χ0v) is 14.9. The third-order valence-corrected chi connectivity index (χ3v) is 4.42. The van der Waals surface area contributed by atoms with Crippen LogP contribution in [0.25, 0.3) is 0 Å². The molecule has 1 heterocycles. The minimum atomic E-state index is -0.555. The molecule has 2 aromatic rings. The SMILES string of the molecule is CSc1ccc(OC(C)C(=O)N(C)Cc2c(C)noc2C)cc1. The van der Waals surface area contributed by atoms with Gasteiger partial charge < -0.3 is 14.2 Å². The highest BCUT2D eigenvalue weighted by atomic mass is 32.2. The number of benzene rings is 1. The Bertz CT molecular complexity index is 647. The smallest absolute Gasteiger partial charge is 0.263 e. The summed E-state index contributed by atoms with van der Waals surface area (Å²) in [5.74, 6) is 1.34. The Hall–Kier alpha value is -1.95. The Kier molecular flexibility index (Phi) is 5.71. The molecule has 124 valence electrons. The summed E-state index contributed by atoms with van der Waals surface area (Å²) in [6, 6.07) is 7.71. The van der Waals surface area contributed by atoms with Crippen LogP contribution in [0.15, 0.2) is 33.7 Å². The van der Waals surface area contributed by atoms with E-state index >= 15 is 0 Å². The zero-order chi connectivity index (χ0) is 17.0. The number of aromatic nitrogens is 1. The fourth-order valence-electron chi connectivity index (χ4n) is 2.26. The number of hydrogen-bond donors (Lipinski definition) is 0. The third-order valence-electron chi connectivity index (χ3n) is 3.67. The second-order valence-electron chi connectivity index (χ2n) is 5.43. The second kappa shape index (κ2) is 7.55. The maximum atomic E-state index is 12.5. The van der Waals surface area contributed by atoms with Crippen molar-refractivity contribution < 1.29 is 14.1 Å². The largest absolute Gasteiger partial charge is 0.481 e. The molecule has 0 aliphatic heterocycles. The molecule has 1 aromatic heterocycles. The van der Waals surface area contributed by atoms with Crippen LogP contribution in [0.4, 0.5) is 0 Å². The van der Waals surface area contributed by atoms with Crippen molar-refractivity contribution in [1.29, 1.82) is 0 Å². The average molecular weight is 334 g/mol. The van der Waals surface area contributed by atoms with Crippen LogP contribution in [-0.4, -0.2) is 35.4 Å². The molecule has 0 saturated heterocycles. The van der Waals surface area contributed by atoms with Gasteiger partial charge in [0.15, 0.2) is 6.10 Å². The quantitative estimate of drug-likeness (QED) is 0.758. The van der Waals surface area contributed by atoms with Crippen LogP contribution in [0.1, 0.15) is 23.9 Å². The van der Waals surface area contributed by atoms with Gasteiger partial charge in [-0.05, 0) is 51.3 Å². The molecule has 0 aliphatic rings. The van der Waals surface area contributed by atoms with Crippen molar-refractivity contribution in [2.24, 2.45) is 0 Å². The molecule has 0 radical (unpaired) electrons. The number of carbonyl (C=O) groups is 1. The lowest BCUT2D eigenvalue weighted by atomic mass is 10.2. The van der Waals surface area contributed by atoms with Crippen LogP contribution in [-0.2, 0) is 11.3 Å². The molecule has 6 heteroatoms. The minimum Gasteiger partial charge on any atom is -0.481 e. The molecular formula is C17H22N2O3S. The van der Waals surface area contributed by atoms with Crippen molar-refractivity contribution in [2.45, 2.75) is 38.3 Å². The summed E-state index contributed by atoms with van der Waals surface area (Å²) in [5, 5.41) is 3.91. The average Bonchev–Trinajstić information content (AvgIpc) is 2.86. The van der Waals surface area contributed by atoms with E-state index in [1.54, 1.807) is 30.6 Å². The molecular weight excluding hydrogens is 312 g/mol. The van der Waals surface area contributed by atoms with E-state index in [0.29, 0.717) is 12.3 Å². The van der Waals surface area contributed by atoms with E-state index in [4.69, 9.17) is 9.26 Å². The maximum absolute atomic E-state index is 12.5. The van der Waals surface area contributed by atoms with E-state index < -0.39 is 6.10 Å². The number of hydrogen-bond acceptors (Lipinski definition) is 5. The molecule has 1 amide bonds. The van der Waals surface area contributed by atoms with Gasteiger partial charge in [0.05, 0.1) is 12.2 Å². The summed E-state index contributed by atoms with van der Waals surface area (Å²) in [5.41, 5.74) is 1.75. The van der Waals surface area contributed by atoms with Gasteiger partial charge in [-0.3, -0.25) is 4.79 Å². The number of amides is 1. The number of carbonyl (C=O) groups excluding carboxylic acids is 1. The molecule has 0 aliphatic carbocycles. The molecule has 1 unspecified atom stereocenters. The third kappa shape index (κ3) is 4.28. The standard InChI is InChI=1S/C17H22N2O3S/c1-11-16(12(2)22-18-11)10-19(4)17(20)13(3)21-14-6-8-15(23-5)9-7-14/h6-9,13H,10H2,1-5H3. The van der Waals surface area contributed by atoms with Gasteiger partial charge in [0, 0.05) is 17.5 Å². The number of likely N-dealkylation sites (N-methyl/N-ethyl adjacent to an activating group) is 1. The first-order valence-corrected chi connectivity index (χ1v) is 8.62. The topological polar surface area (TPSA) is 55.6 Å². The van der Waals surface area contributed by atoms with Crippen LogP contribution in [0.2, 0.25) is 0 Å². The van der Waals surface area contributed by atoms with Crippen LogP contribution in [0.3, 0.4) is 0 Å². The Balaban J connectivity index is 1.98. The molecule has 5 nitrogen and oxygen atoms in total. The van der Waals surface area contributed by atoms with E-state index in [-0.39, 0.29) is 5.91 Å². The van der Waals surface area contributed by atoms with Crippen LogP contribution in [0, 0.1) is 13.8 Å². The monoisotopic (exact) mass is 334 g/mol. The lowest BCUT2D eigenvalue weighted by Crippen LogP contribution is -2.37. The zero-order valence-electron chi connectivity index (χ0n) is 14.1. The summed E-state index contributed by atoms with van der Waals surface area (Å²) in [6.45, 7) is 5.94. The summed E-state index contributed by atoms with van der Waals surface area (Å²) >= 11 is 1.67. The van der Waals surface area contributed by atoms with Crippen LogP contribution >= 0.6 is 11.8 Å². The Morgan fingerprint density at radius 1 is 1.35 bits per heavy atom. The fourth-order valence-corrected chi connectivity index (χ4v) is 2.67. The van der Waals surface area contributed by atoms with E-state index in [1.807, 2.05) is 44.4 Å². The molecule has 1 aromatic carbocycles. The molecule has 2 rings (SSSR count). The van der Waals surface area contributed by atoms with E-state index in [1.165, 1.54) is 0 Å². The van der Waals surface area contributed by atoms with Crippen molar-refractivity contribution in [3.05, 3.63) is 41.3 Å². The summed E-state index contributed by atoms with van der Waals surface area (Å²) in [6.07, 6.45) is 1.46. The summed E-state index contributed by atoms with van der Waals surface area (Å²) in [7, 11) is 1.75. The number of aryl methyl sites for hydroxylation is 2. The highest BCUT2D eigenvalue weighted by Crippen LogP contribution is 2.20. The van der Waals surface area contributed by atoms with E-state index in [0.717, 1.165) is 21.9 Å². The van der Waals surface area contributed by atoms with Gasteiger partial charge in [-0.25, -0.2) is 0 Å². The number of thioether (sulfide) groups is 1. The first-order valence-electron chi connectivity index (χ1n) is 7.39. The van der Waals surface area contributed by atoms with Crippen LogP contribution in [0.5, 0.6) is 5.75 Å². The molecule has 0 fully saturated rings. The Morgan fingerprint density at radius 3 is 2.52 bits per heavy atom. The predicted octanol–water partition coefficient (Wildman–Crippen LogP) is 3.44. The number of nitrogens with zero attached hydrogens (tertiary/aromatic N) is 2. The summed E-state index contributed by atoms with van der Waals surface area (Å²) in [4.78, 5) is 15.3. The number of ether oxygens (including phenoxy) is 1. The number of rotatable bonds is 6. The molecule has 0 spiro atoms. The van der Waals surface area contributed by atoms with Crippen molar-refractivity contribution in [1.82, 2.24) is 10.1 Å². The van der Waals surface area contributed by atoms with E-state index in [9.17, 15) is 4.79 Å².